The summed E-state index contributed by atoms with van der Waals surface area (Å²) in [6.07, 6.45) is 0.380. The minimum Gasteiger partial charge on any atom is -0.493 e. The lowest BCUT2D eigenvalue weighted by Gasteiger charge is -2.49. The van der Waals surface area contributed by atoms with Gasteiger partial charge >= 0.3 is 0 Å². The zero-order chi connectivity index (χ0) is 14.1. The summed E-state index contributed by atoms with van der Waals surface area (Å²) in [7, 11) is 1.60. The van der Waals surface area contributed by atoms with Crippen molar-refractivity contribution in [1.29, 1.82) is 0 Å². The van der Waals surface area contributed by atoms with Gasteiger partial charge in [-0.2, -0.15) is 0 Å². The third-order valence-corrected chi connectivity index (χ3v) is 4.61. The van der Waals surface area contributed by atoms with Gasteiger partial charge in [-0.1, -0.05) is 18.2 Å². The average Bonchev–Trinajstić information content (AvgIpc) is 2.45. The van der Waals surface area contributed by atoms with Gasteiger partial charge in [-0.15, -0.1) is 0 Å². The second-order valence-electron chi connectivity index (χ2n) is 5.58. The van der Waals surface area contributed by atoms with E-state index >= 15 is 0 Å². The summed E-state index contributed by atoms with van der Waals surface area (Å²) < 4.78 is 11.1. The van der Waals surface area contributed by atoms with E-state index < -0.39 is 11.0 Å². The Morgan fingerprint density at radius 3 is 2.84 bits per heavy atom. The molecule has 0 saturated carbocycles. The van der Waals surface area contributed by atoms with Crippen LogP contribution >= 0.6 is 0 Å². The first-order chi connectivity index (χ1) is 8.97. The molecular formula is C15H23NO3. The van der Waals surface area contributed by atoms with Crippen LogP contribution in [0.15, 0.2) is 24.3 Å². The van der Waals surface area contributed by atoms with Crippen molar-refractivity contribution in [1.82, 2.24) is 0 Å². The van der Waals surface area contributed by atoms with Gasteiger partial charge in [0.05, 0.1) is 23.7 Å². The molecule has 4 nitrogen and oxygen atoms in total. The van der Waals surface area contributed by atoms with Crippen LogP contribution in [0.2, 0.25) is 0 Å². The third-order valence-electron chi connectivity index (χ3n) is 4.61. The lowest BCUT2D eigenvalue weighted by atomic mass is 9.66. The first kappa shape index (κ1) is 14.3. The Balaban J connectivity index is 2.36. The molecule has 0 amide bonds. The molecule has 2 rings (SSSR count). The average molecular weight is 265 g/mol. The lowest BCUT2D eigenvalue weighted by Crippen LogP contribution is -2.62. The van der Waals surface area contributed by atoms with E-state index in [-0.39, 0.29) is 6.10 Å². The highest BCUT2D eigenvalue weighted by atomic mass is 16.5. The first-order valence-electron chi connectivity index (χ1n) is 6.63. The zero-order valence-corrected chi connectivity index (χ0v) is 11.8. The molecule has 1 heterocycles. The van der Waals surface area contributed by atoms with Crippen LogP contribution in [0, 0.1) is 5.41 Å². The van der Waals surface area contributed by atoms with Crippen LogP contribution in [0.4, 0.5) is 0 Å². The van der Waals surface area contributed by atoms with Gasteiger partial charge in [0.25, 0.3) is 0 Å². The number of rotatable bonds is 4. The van der Waals surface area contributed by atoms with Crippen LogP contribution in [0.25, 0.3) is 0 Å². The summed E-state index contributed by atoms with van der Waals surface area (Å²) in [5.74, 6) is 0.882. The van der Waals surface area contributed by atoms with E-state index in [1.54, 1.807) is 14.0 Å². The smallest absolute Gasteiger partial charge is 0.122 e. The Morgan fingerprint density at radius 2 is 2.21 bits per heavy atom. The third kappa shape index (κ3) is 2.24. The summed E-state index contributed by atoms with van der Waals surface area (Å²) >= 11 is 0. The van der Waals surface area contributed by atoms with Crippen molar-refractivity contribution in [3.8, 4) is 5.75 Å². The molecule has 0 aromatic heterocycles. The molecule has 0 saturated heterocycles. The van der Waals surface area contributed by atoms with Crippen molar-refractivity contribution in [2.75, 3.05) is 20.3 Å². The molecule has 0 aliphatic carbocycles. The van der Waals surface area contributed by atoms with E-state index in [2.05, 4.69) is 0 Å². The highest BCUT2D eigenvalue weighted by molar-refractivity contribution is 5.37. The van der Waals surface area contributed by atoms with E-state index in [0.29, 0.717) is 19.6 Å². The van der Waals surface area contributed by atoms with E-state index in [4.69, 9.17) is 15.2 Å². The van der Waals surface area contributed by atoms with Gasteiger partial charge in [-0.25, -0.2) is 0 Å². The molecule has 1 aromatic rings. The number of nitrogens with two attached hydrogens (primary N) is 1. The summed E-state index contributed by atoms with van der Waals surface area (Å²) in [5, 5.41) is 10.9. The molecule has 0 spiro atoms. The van der Waals surface area contributed by atoms with Gasteiger partial charge in [-0.05, 0) is 31.9 Å². The minimum atomic E-state index is -1.05. The van der Waals surface area contributed by atoms with Crippen molar-refractivity contribution < 1.29 is 14.6 Å². The number of hydrogen-bond acceptors (Lipinski definition) is 4. The second kappa shape index (κ2) is 5.12. The van der Waals surface area contributed by atoms with E-state index in [0.717, 1.165) is 11.3 Å². The number of benzene rings is 1. The van der Waals surface area contributed by atoms with Crippen LogP contribution in [-0.2, 0) is 11.2 Å². The van der Waals surface area contributed by atoms with Gasteiger partial charge < -0.3 is 20.3 Å². The van der Waals surface area contributed by atoms with Crippen LogP contribution in [0.1, 0.15) is 19.4 Å². The summed E-state index contributed by atoms with van der Waals surface area (Å²) in [6, 6.07) is 7.89. The predicted molar refractivity (Wildman–Crippen MR) is 74.2 cm³/mol. The maximum Gasteiger partial charge on any atom is 0.122 e. The van der Waals surface area contributed by atoms with Gasteiger partial charge in [0.2, 0.25) is 0 Å². The Labute approximate surface area is 114 Å². The van der Waals surface area contributed by atoms with Crippen molar-refractivity contribution in [2.45, 2.75) is 32.0 Å². The Bertz CT molecular complexity index is 447. The molecule has 3 unspecified atom stereocenters. The number of fused-ring (bicyclic) bond motifs is 1. The maximum absolute atomic E-state index is 10.9. The summed E-state index contributed by atoms with van der Waals surface area (Å²) in [6.45, 7) is 4.40. The largest absolute Gasteiger partial charge is 0.493 e. The fraction of sp³-hybridized carbons (Fsp3) is 0.600. The van der Waals surface area contributed by atoms with Gasteiger partial charge in [0.15, 0.2) is 0 Å². The second-order valence-corrected chi connectivity index (χ2v) is 5.58. The quantitative estimate of drug-likeness (QED) is 0.862. The SMILES string of the molecule is COC(C)C(C)(O)C1(CN)COc2ccccc2C1. The van der Waals surface area contributed by atoms with Crippen molar-refractivity contribution in [3.63, 3.8) is 0 Å². The van der Waals surface area contributed by atoms with Gasteiger partial charge in [0, 0.05) is 13.7 Å². The van der Waals surface area contributed by atoms with Crippen LogP contribution < -0.4 is 10.5 Å². The van der Waals surface area contributed by atoms with E-state index in [1.165, 1.54) is 0 Å². The van der Waals surface area contributed by atoms with Gasteiger partial charge in [0.1, 0.15) is 5.75 Å². The molecule has 0 fully saturated rings. The number of aliphatic hydroxyl groups is 1. The molecular weight excluding hydrogens is 242 g/mol. The first-order valence-corrected chi connectivity index (χ1v) is 6.63. The van der Waals surface area contributed by atoms with Gasteiger partial charge in [-0.3, -0.25) is 0 Å². The molecule has 106 valence electrons. The highest BCUT2D eigenvalue weighted by Crippen LogP contribution is 2.43. The van der Waals surface area contributed by atoms with Crippen molar-refractivity contribution >= 4 is 0 Å². The Kier molecular flexibility index (Phi) is 3.85. The summed E-state index contributed by atoms with van der Waals surface area (Å²) in [5.41, 5.74) is 5.48. The van der Waals surface area contributed by atoms with E-state index in [1.807, 2.05) is 31.2 Å². The predicted octanol–water partition coefficient (Wildman–Crippen LogP) is 1.35. The highest BCUT2D eigenvalue weighted by Gasteiger charge is 2.52. The number of ether oxygens (including phenoxy) is 2. The zero-order valence-electron chi connectivity index (χ0n) is 11.8. The minimum absolute atomic E-state index is 0.315. The van der Waals surface area contributed by atoms with Crippen LogP contribution in [0.5, 0.6) is 5.75 Å². The molecule has 3 atom stereocenters. The monoisotopic (exact) mass is 265 g/mol. The normalized spacial score (nSPS) is 27.0. The van der Waals surface area contributed by atoms with Crippen LogP contribution in [-0.4, -0.2) is 37.1 Å². The standard InChI is InChI=1S/C15H23NO3/c1-11(18-3)14(2,17)15(9-16)8-12-6-4-5-7-13(12)19-10-15/h4-7,11,17H,8-10,16H2,1-3H3. The fourth-order valence-corrected chi connectivity index (χ4v) is 2.75. The number of para-hydroxylation sites is 1. The molecule has 1 aliphatic heterocycles. The molecule has 3 N–H and O–H groups in total. The Hall–Kier alpha value is -1.10. The summed E-state index contributed by atoms with van der Waals surface area (Å²) in [4.78, 5) is 0. The fourth-order valence-electron chi connectivity index (χ4n) is 2.75. The molecule has 19 heavy (non-hydrogen) atoms. The van der Waals surface area contributed by atoms with Crippen molar-refractivity contribution in [3.05, 3.63) is 29.8 Å². The maximum atomic E-state index is 10.9. The van der Waals surface area contributed by atoms with Crippen LogP contribution in [0.3, 0.4) is 0 Å². The number of hydrogen-bond donors (Lipinski definition) is 2. The number of methoxy groups -OCH3 is 1. The molecule has 1 aromatic carbocycles. The van der Waals surface area contributed by atoms with Crippen molar-refractivity contribution in [2.24, 2.45) is 11.1 Å². The van der Waals surface area contributed by atoms with E-state index in [9.17, 15) is 5.11 Å². The molecule has 1 aliphatic rings. The molecule has 4 heteroatoms. The Morgan fingerprint density at radius 1 is 1.53 bits per heavy atom. The topological polar surface area (TPSA) is 64.7 Å². The molecule has 0 bridgehead atoms. The molecule has 0 radical (unpaired) electrons. The lowest BCUT2D eigenvalue weighted by molar-refractivity contribution is -0.164.